The largest absolute Gasteiger partial charge is 0.485 e. The first-order chi connectivity index (χ1) is 23.7. The van der Waals surface area contributed by atoms with Crippen molar-refractivity contribution in [3.63, 3.8) is 0 Å². The van der Waals surface area contributed by atoms with Crippen LogP contribution in [0.5, 0.6) is 5.75 Å². The van der Waals surface area contributed by atoms with E-state index in [1.165, 1.54) is 11.1 Å². The smallest absolute Gasteiger partial charge is 0.325 e. The van der Waals surface area contributed by atoms with Crippen LogP contribution in [0.4, 0.5) is 5.69 Å². The van der Waals surface area contributed by atoms with Crippen LogP contribution in [0.2, 0.25) is 0 Å². The Kier molecular flexibility index (Phi) is 8.69. The third-order valence-electron chi connectivity index (χ3n) is 10.8. The number of aromatic nitrogens is 2. The van der Waals surface area contributed by atoms with Crippen LogP contribution in [0, 0.1) is 18.8 Å². The van der Waals surface area contributed by atoms with Gasteiger partial charge < -0.3 is 19.7 Å². The molecule has 5 aliphatic heterocycles. The van der Waals surface area contributed by atoms with Crippen LogP contribution >= 0.6 is 0 Å². The zero-order valence-electron chi connectivity index (χ0n) is 28.5. The molecule has 7 aliphatic rings. The van der Waals surface area contributed by atoms with E-state index in [0.717, 1.165) is 48.3 Å². The molecular formula is C40H42N4O5. The van der Waals surface area contributed by atoms with Crippen molar-refractivity contribution in [3.05, 3.63) is 118 Å². The lowest BCUT2D eigenvalue weighted by Gasteiger charge is -2.51. The molecule has 1 fully saturated rings. The molecule has 1 N–H and O–H groups in total. The van der Waals surface area contributed by atoms with Gasteiger partial charge in [-0.25, -0.2) is 9.97 Å². The lowest BCUT2D eigenvalue weighted by Crippen LogP contribution is -2.50. The van der Waals surface area contributed by atoms with Gasteiger partial charge in [0, 0.05) is 41.6 Å². The van der Waals surface area contributed by atoms with Crippen LogP contribution in [-0.2, 0) is 21.6 Å². The number of fused-ring (bicyclic) bond motifs is 2. The van der Waals surface area contributed by atoms with Gasteiger partial charge in [0.15, 0.2) is 17.2 Å². The number of Topliss-reactive ketones (excluding diaryl/α,β-unsaturated/α-hetero) is 1. The highest BCUT2D eigenvalue weighted by Gasteiger charge is 2.56. The number of esters is 1. The number of ketones is 1. The summed E-state index contributed by atoms with van der Waals surface area (Å²) in [4.78, 5) is 51.7. The fourth-order valence-corrected chi connectivity index (χ4v) is 8.57. The van der Waals surface area contributed by atoms with Gasteiger partial charge in [-0.15, -0.1) is 0 Å². The lowest BCUT2D eigenvalue weighted by atomic mass is 9.52. The molecule has 2 aromatic carbocycles. The molecule has 0 saturated carbocycles. The number of piperidine rings is 1. The van der Waals surface area contributed by atoms with Crippen LogP contribution in [0.1, 0.15) is 83.0 Å². The van der Waals surface area contributed by atoms with E-state index in [9.17, 15) is 14.4 Å². The quantitative estimate of drug-likeness (QED) is 0.192. The first kappa shape index (κ1) is 32.5. The van der Waals surface area contributed by atoms with E-state index in [4.69, 9.17) is 19.4 Å². The maximum Gasteiger partial charge on any atom is 0.325 e. The topological polar surface area (TPSA) is 111 Å². The number of carbonyl (C=O) groups is 3. The van der Waals surface area contributed by atoms with Crippen molar-refractivity contribution in [1.29, 1.82) is 0 Å². The molecule has 6 heterocycles. The number of nitrogens with zero attached hydrogens (tertiary/aromatic N) is 3. The van der Waals surface area contributed by atoms with Crippen molar-refractivity contribution in [2.75, 3.05) is 31.1 Å². The molecule has 9 nitrogen and oxygen atoms in total. The van der Waals surface area contributed by atoms with Gasteiger partial charge in [0.2, 0.25) is 0 Å². The van der Waals surface area contributed by atoms with Crippen LogP contribution in [-0.4, -0.2) is 53.9 Å². The Morgan fingerprint density at radius 3 is 2.39 bits per heavy atom. The number of nitrogens with one attached hydrogen (secondary N) is 1. The maximum absolute atomic E-state index is 13.9. The summed E-state index contributed by atoms with van der Waals surface area (Å²) in [6.07, 6.45) is 10.7. The summed E-state index contributed by atoms with van der Waals surface area (Å²) >= 11 is 0. The third kappa shape index (κ3) is 5.65. The SMILES string of the molecule is CCOC(=O)CNC(=O)c1nc(C(C)C2(C3C4=CC=C3C=C4)c3ccc(c(C(C)=O)c3)N3CCC2CC3)nc(C)c1OCc1ccccc1. The average Bonchev–Trinajstić information content (AvgIpc) is 3.75. The van der Waals surface area contributed by atoms with Crippen LogP contribution in [0.15, 0.2) is 84.0 Å². The highest BCUT2D eigenvalue weighted by Crippen LogP contribution is 2.61. The maximum atomic E-state index is 13.9. The number of benzene rings is 2. The first-order valence-electron chi connectivity index (χ1n) is 17.2. The molecule has 1 amide bonds. The Balaban J connectivity index is 1.37. The fourth-order valence-electron chi connectivity index (χ4n) is 8.57. The van der Waals surface area contributed by atoms with E-state index in [0.29, 0.717) is 11.5 Å². The van der Waals surface area contributed by atoms with E-state index in [-0.39, 0.29) is 54.7 Å². The molecule has 9 heteroatoms. The van der Waals surface area contributed by atoms with Crippen LogP contribution in [0.3, 0.4) is 0 Å². The number of hydrogen-bond acceptors (Lipinski definition) is 8. The average molecular weight is 659 g/mol. The minimum absolute atomic E-state index is 0.0433. The summed E-state index contributed by atoms with van der Waals surface area (Å²) in [6, 6.07) is 16.1. The zero-order valence-corrected chi connectivity index (χ0v) is 28.5. The number of rotatable bonds is 11. The van der Waals surface area contributed by atoms with Crippen LogP contribution < -0.4 is 15.0 Å². The number of hydrogen-bond donors (Lipinski definition) is 1. The molecule has 1 saturated heterocycles. The van der Waals surface area contributed by atoms with Gasteiger partial charge in [0.05, 0.1) is 12.3 Å². The molecule has 49 heavy (non-hydrogen) atoms. The van der Waals surface area contributed by atoms with Crippen LogP contribution in [0.25, 0.3) is 0 Å². The summed E-state index contributed by atoms with van der Waals surface area (Å²) < 4.78 is 11.3. The second-order valence-corrected chi connectivity index (χ2v) is 13.4. The van der Waals surface area contributed by atoms with Crippen molar-refractivity contribution < 1.29 is 23.9 Å². The van der Waals surface area contributed by atoms with Gasteiger partial charge in [0.1, 0.15) is 19.0 Å². The van der Waals surface area contributed by atoms with Crippen molar-refractivity contribution >= 4 is 23.3 Å². The summed E-state index contributed by atoms with van der Waals surface area (Å²) in [5, 5.41) is 2.70. The number of allylic oxidation sites excluding steroid dienone is 6. The third-order valence-corrected chi connectivity index (χ3v) is 10.8. The lowest BCUT2D eigenvalue weighted by molar-refractivity contribution is -0.141. The Morgan fingerprint density at radius 2 is 1.73 bits per heavy atom. The minimum Gasteiger partial charge on any atom is -0.485 e. The second-order valence-electron chi connectivity index (χ2n) is 13.4. The van der Waals surface area contributed by atoms with Gasteiger partial charge in [-0.1, -0.05) is 67.6 Å². The van der Waals surface area contributed by atoms with Crippen molar-refractivity contribution in [1.82, 2.24) is 15.3 Å². The Morgan fingerprint density at radius 1 is 1.02 bits per heavy atom. The summed E-state index contributed by atoms with van der Waals surface area (Å²) in [5.74, 6) is -0.224. The Bertz CT molecular complexity index is 1880. The number of ether oxygens (including phenoxy) is 2. The molecule has 252 valence electrons. The molecule has 0 radical (unpaired) electrons. The number of carbonyl (C=O) groups excluding carboxylic acids is 3. The predicted octanol–water partition coefficient (Wildman–Crippen LogP) is 6.18. The first-order valence-corrected chi connectivity index (χ1v) is 17.2. The minimum atomic E-state index is -0.539. The summed E-state index contributed by atoms with van der Waals surface area (Å²) in [6.45, 7) is 9.21. The molecule has 2 unspecified atom stereocenters. The molecule has 6 bridgehead atoms. The Labute approximate surface area is 287 Å². The highest BCUT2D eigenvalue weighted by molar-refractivity contribution is 6.00. The number of amides is 1. The standard InChI is InChI=1S/C40H42N4O5/c1-5-48-34(46)22-41-39(47)36-37(49-23-27-9-7-6-8-10-27)25(3)42-38(43-36)24(2)40(35-28-11-12-29(35)14-13-28)30-17-19-44(20-18-30)33-16-15-31(40)21-32(33)26(4)45/h6-16,21,24,30,35H,5,17-20,22-23H2,1-4H3,(H,41,47). The molecule has 3 aromatic rings. The van der Waals surface area contributed by atoms with Gasteiger partial charge in [-0.2, -0.15) is 0 Å². The Hall–Kier alpha value is -5.05. The van der Waals surface area contributed by atoms with E-state index < -0.39 is 17.3 Å². The molecule has 2 aliphatic carbocycles. The zero-order chi connectivity index (χ0) is 34.3. The molecule has 2 atom stereocenters. The van der Waals surface area contributed by atoms with Gasteiger partial charge in [-0.05, 0) is 73.9 Å². The monoisotopic (exact) mass is 658 g/mol. The molecule has 1 aromatic heterocycles. The van der Waals surface area contributed by atoms with Gasteiger partial charge in [-0.3, -0.25) is 14.4 Å². The molecule has 10 rings (SSSR count). The molecule has 0 spiro atoms. The molecular weight excluding hydrogens is 616 g/mol. The van der Waals surface area contributed by atoms with E-state index in [1.807, 2.05) is 37.3 Å². The highest BCUT2D eigenvalue weighted by atomic mass is 16.5. The van der Waals surface area contributed by atoms with Gasteiger partial charge >= 0.3 is 5.97 Å². The van der Waals surface area contributed by atoms with Gasteiger partial charge in [0.25, 0.3) is 5.91 Å². The summed E-state index contributed by atoms with van der Waals surface area (Å²) in [7, 11) is 0. The van der Waals surface area contributed by atoms with E-state index in [2.05, 4.69) is 59.6 Å². The van der Waals surface area contributed by atoms with Crippen molar-refractivity contribution in [2.24, 2.45) is 11.8 Å². The predicted molar refractivity (Wildman–Crippen MR) is 187 cm³/mol. The fraction of sp³-hybridized carbons (Fsp3) is 0.375. The number of aryl methyl sites for hydroxylation is 1. The van der Waals surface area contributed by atoms with Crippen molar-refractivity contribution in [3.8, 4) is 5.75 Å². The van der Waals surface area contributed by atoms with E-state index in [1.54, 1.807) is 13.8 Å². The van der Waals surface area contributed by atoms with E-state index >= 15 is 0 Å². The number of anilines is 1. The summed E-state index contributed by atoms with van der Waals surface area (Å²) in [5.41, 5.74) is 6.33. The normalized spacial score (nSPS) is 21.1. The van der Waals surface area contributed by atoms with Crippen molar-refractivity contribution in [2.45, 2.75) is 58.5 Å². The second kappa shape index (κ2) is 13.1.